The number of para-hydroxylation sites is 1. The summed E-state index contributed by atoms with van der Waals surface area (Å²) in [6.07, 6.45) is 0.0526. The highest BCUT2D eigenvalue weighted by molar-refractivity contribution is 7.89. The van der Waals surface area contributed by atoms with Gasteiger partial charge in [-0.15, -0.1) is 0 Å². The second-order valence-corrected chi connectivity index (χ2v) is 8.00. The van der Waals surface area contributed by atoms with E-state index in [1.807, 2.05) is 18.2 Å². The number of nitrogens with one attached hydrogen (secondary N) is 3. The number of primary sulfonamides is 1. The Morgan fingerprint density at radius 3 is 1.93 bits per heavy atom. The Morgan fingerprint density at radius 1 is 0.733 bits per heavy atom. The van der Waals surface area contributed by atoms with Crippen molar-refractivity contribution in [2.24, 2.45) is 5.14 Å². The van der Waals surface area contributed by atoms with Crippen molar-refractivity contribution in [3.63, 3.8) is 0 Å². The number of carbonyl (C=O) groups excluding carboxylic acids is 2. The molecule has 0 aliphatic carbocycles. The van der Waals surface area contributed by atoms with Crippen LogP contribution in [0, 0.1) is 0 Å². The maximum absolute atomic E-state index is 12.3. The molecule has 3 amide bonds. The van der Waals surface area contributed by atoms with Crippen LogP contribution in [0.25, 0.3) is 0 Å². The molecule has 0 spiro atoms. The number of urea groups is 1. The largest absolute Gasteiger partial charge is 0.326 e. The van der Waals surface area contributed by atoms with E-state index in [0.717, 1.165) is 0 Å². The molecule has 0 atom stereocenters. The van der Waals surface area contributed by atoms with Crippen molar-refractivity contribution >= 4 is 39.0 Å². The Kier molecular flexibility index (Phi) is 6.45. The van der Waals surface area contributed by atoms with Gasteiger partial charge in [0.15, 0.2) is 0 Å². The highest BCUT2D eigenvalue weighted by Gasteiger charge is 2.09. The van der Waals surface area contributed by atoms with E-state index in [1.54, 1.807) is 36.4 Å². The molecular formula is C21H20N4O4S. The zero-order chi connectivity index (χ0) is 21.6. The molecule has 0 aromatic heterocycles. The number of amides is 3. The van der Waals surface area contributed by atoms with Crippen molar-refractivity contribution in [2.75, 3.05) is 16.0 Å². The number of hydrogen-bond acceptors (Lipinski definition) is 4. The van der Waals surface area contributed by atoms with Crippen LogP contribution in [0.2, 0.25) is 0 Å². The zero-order valence-corrected chi connectivity index (χ0v) is 16.6. The minimum absolute atomic E-state index is 0.0146. The first-order chi connectivity index (χ1) is 14.3. The molecule has 0 heterocycles. The van der Waals surface area contributed by atoms with Gasteiger partial charge in [-0.05, 0) is 48.0 Å². The van der Waals surface area contributed by atoms with Crippen LogP contribution in [0.1, 0.15) is 5.56 Å². The Labute approximate surface area is 174 Å². The molecule has 154 valence electrons. The van der Waals surface area contributed by atoms with Crippen LogP contribution >= 0.6 is 0 Å². The molecule has 0 aliphatic rings. The molecule has 3 aromatic carbocycles. The first kappa shape index (κ1) is 21.0. The molecule has 0 aliphatic heterocycles. The summed E-state index contributed by atoms with van der Waals surface area (Å²) in [5.74, 6) is -0.288. The van der Waals surface area contributed by atoms with Crippen LogP contribution in [-0.4, -0.2) is 20.4 Å². The Balaban J connectivity index is 1.58. The highest BCUT2D eigenvalue weighted by atomic mass is 32.2. The lowest BCUT2D eigenvalue weighted by atomic mass is 10.1. The molecule has 0 saturated heterocycles. The van der Waals surface area contributed by atoms with Gasteiger partial charge in [-0.3, -0.25) is 4.79 Å². The minimum Gasteiger partial charge on any atom is -0.326 e. The van der Waals surface area contributed by atoms with Gasteiger partial charge in [0.2, 0.25) is 15.9 Å². The third-order valence-electron chi connectivity index (χ3n) is 4.05. The number of hydrogen-bond donors (Lipinski definition) is 4. The van der Waals surface area contributed by atoms with Gasteiger partial charge in [0.25, 0.3) is 0 Å². The summed E-state index contributed by atoms with van der Waals surface area (Å²) in [5, 5.41) is 13.2. The third kappa shape index (κ3) is 6.16. The molecule has 8 nitrogen and oxygen atoms in total. The van der Waals surface area contributed by atoms with Gasteiger partial charge < -0.3 is 16.0 Å². The number of anilines is 3. The Bertz CT molecular complexity index is 1150. The molecule has 5 N–H and O–H groups in total. The predicted molar refractivity (Wildman–Crippen MR) is 116 cm³/mol. The summed E-state index contributed by atoms with van der Waals surface area (Å²) in [7, 11) is -3.77. The predicted octanol–water partition coefficient (Wildman–Crippen LogP) is 3.16. The topological polar surface area (TPSA) is 130 Å². The van der Waals surface area contributed by atoms with Crippen molar-refractivity contribution < 1.29 is 18.0 Å². The van der Waals surface area contributed by atoms with Crippen LogP contribution < -0.4 is 21.1 Å². The van der Waals surface area contributed by atoms with Crippen molar-refractivity contribution in [1.82, 2.24) is 0 Å². The zero-order valence-electron chi connectivity index (χ0n) is 15.8. The van der Waals surface area contributed by atoms with E-state index in [0.29, 0.717) is 22.6 Å². The van der Waals surface area contributed by atoms with E-state index in [-0.39, 0.29) is 17.2 Å². The molecular weight excluding hydrogens is 404 g/mol. The maximum atomic E-state index is 12.3. The van der Waals surface area contributed by atoms with Gasteiger partial charge in [0.1, 0.15) is 0 Å². The van der Waals surface area contributed by atoms with Crippen molar-refractivity contribution in [2.45, 2.75) is 11.3 Å². The molecule has 3 rings (SSSR count). The van der Waals surface area contributed by atoms with Gasteiger partial charge >= 0.3 is 6.03 Å². The molecule has 9 heteroatoms. The first-order valence-electron chi connectivity index (χ1n) is 8.94. The molecule has 0 radical (unpaired) electrons. The number of carbonyl (C=O) groups is 2. The molecule has 0 bridgehead atoms. The normalized spacial score (nSPS) is 10.8. The number of nitrogens with two attached hydrogens (primary N) is 1. The summed E-state index contributed by atoms with van der Waals surface area (Å²) >= 11 is 0. The van der Waals surface area contributed by atoms with E-state index in [4.69, 9.17) is 5.14 Å². The molecule has 0 fully saturated rings. The van der Waals surface area contributed by atoms with Gasteiger partial charge in [0.05, 0.1) is 11.3 Å². The molecule has 0 saturated carbocycles. The van der Waals surface area contributed by atoms with Gasteiger partial charge in [-0.25, -0.2) is 18.4 Å². The molecule has 0 unspecified atom stereocenters. The van der Waals surface area contributed by atoms with Gasteiger partial charge in [0, 0.05) is 17.1 Å². The van der Waals surface area contributed by atoms with Crippen molar-refractivity contribution in [1.29, 1.82) is 0 Å². The van der Waals surface area contributed by atoms with E-state index in [1.165, 1.54) is 24.3 Å². The SMILES string of the molecule is NS(=O)(=O)c1ccc(CC(=O)Nc2cccc(NC(=O)Nc3ccccc3)c2)cc1. The summed E-state index contributed by atoms with van der Waals surface area (Å²) < 4.78 is 22.6. The Hall–Kier alpha value is -3.69. The van der Waals surface area contributed by atoms with Crippen LogP contribution in [-0.2, 0) is 21.2 Å². The second-order valence-electron chi connectivity index (χ2n) is 6.44. The van der Waals surface area contributed by atoms with E-state index in [9.17, 15) is 18.0 Å². The molecule has 3 aromatic rings. The summed E-state index contributed by atoms with van der Waals surface area (Å²) in [6, 6.07) is 21.1. The monoisotopic (exact) mass is 424 g/mol. The fourth-order valence-electron chi connectivity index (χ4n) is 2.68. The van der Waals surface area contributed by atoms with E-state index in [2.05, 4.69) is 16.0 Å². The van der Waals surface area contributed by atoms with Crippen LogP contribution in [0.15, 0.2) is 83.8 Å². The van der Waals surface area contributed by atoms with Crippen LogP contribution in [0.5, 0.6) is 0 Å². The highest BCUT2D eigenvalue weighted by Crippen LogP contribution is 2.17. The maximum Gasteiger partial charge on any atom is 0.323 e. The fraction of sp³-hybridized carbons (Fsp3) is 0.0476. The minimum atomic E-state index is -3.77. The standard InChI is InChI=1S/C21H20N4O4S/c22-30(28,29)19-11-9-15(10-12-19)13-20(26)23-17-7-4-8-18(14-17)25-21(27)24-16-5-2-1-3-6-16/h1-12,14H,13H2,(H,23,26)(H2,22,28,29)(H2,24,25,27). The van der Waals surface area contributed by atoms with Gasteiger partial charge in [-0.2, -0.15) is 0 Å². The van der Waals surface area contributed by atoms with Gasteiger partial charge in [-0.1, -0.05) is 36.4 Å². The lowest BCUT2D eigenvalue weighted by Crippen LogP contribution is -2.19. The Morgan fingerprint density at radius 2 is 1.30 bits per heavy atom. The third-order valence-corrected chi connectivity index (χ3v) is 4.98. The number of rotatable bonds is 6. The smallest absolute Gasteiger partial charge is 0.323 e. The summed E-state index contributed by atoms with van der Waals surface area (Å²) in [4.78, 5) is 24.4. The quantitative estimate of drug-likeness (QED) is 0.484. The van der Waals surface area contributed by atoms with E-state index >= 15 is 0 Å². The second kappa shape index (κ2) is 9.21. The van der Waals surface area contributed by atoms with Crippen molar-refractivity contribution in [3.05, 3.63) is 84.4 Å². The molecule has 30 heavy (non-hydrogen) atoms. The average Bonchev–Trinajstić information content (AvgIpc) is 2.68. The number of benzene rings is 3. The van der Waals surface area contributed by atoms with Crippen LogP contribution in [0.3, 0.4) is 0 Å². The summed E-state index contributed by atoms with van der Waals surface area (Å²) in [5.41, 5.74) is 2.32. The first-order valence-corrected chi connectivity index (χ1v) is 10.5. The summed E-state index contributed by atoms with van der Waals surface area (Å²) in [6.45, 7) is 0. The number of sulfonamides is 1. The lowest BCUT2D eigenvalue weighted by molar-refractivity contribution is -0.115. The van der Waals surface area contributed by atoms with Crippen LogP contribution in [0.4, 0.5) is 21.9 Å². The average molecular weight is 424 g/mol. The van der Waals surface area contributed by atoms with E-state index < -0.39 is 16.1 Å². The van der Waals surface area contributed by atoms with Crippen molar-refractivity contribution in [3.8, 4) is 0 Å². The lowest BCUT2D eigenvalue weighted by Gasteiger charge is -2.10. The fourth-order valence-corrected chi connectivity index (χ4v) is 3.19.